The Kier molecular flexibility index (Phi) is 8.04. The van der Waals surface area contributed by atoms with E-state index in [0.29, 0.717) is 12.5 Å². The van der Waals surface area contributed by atoms with Crippen molar-refractivity contribution in [2.24, 2.45) is 10.7 Å². The molecule has 2 saturated heterocycles. The van der Waals surface area contributed by atoms with E-state index in [2.05, 4.69) is 20.9 Å². The second-order valence-electron chi connectivity index (χ2n) is 6.16. The van der Waals surface area contributed by atoms with Crippen LogP contribution in [0.25, 0.3) is 0 Å². The van der Waals surface area contributed by atoms with Gasteiger partial charge in [0, 0.05) is 26.2 Å². The van der Waals surface area contributed by atoms with E-state index in [1.54, 1.807) is 0 Å². The van der Waals surface area contributed by atoms with E-state index in [-0.39, 0.29) is 24.0 Å². The number of nitrogens with two attached hydrogens (primary N) is 1. The molecule has 0 atom stereocenters. The molecule has 134 valence electrons. The van der Waals surface area contributed by atoms with Crippen LogP contribution in [0.4, 0.5) is 5.82 Å². The molecule has 0 aromatic carbocycles. The highest BCUT2D eigenvalue weighted by Gasteiger charge is 2.13. The number of hydrogen-bond donors (Lipinski definition) is 1. The summed E-state index contributed by atoms with van der Waals surface area (Å²) < 4.78 is 5.39. The molecule has 6 nitrogen and oxygen atoms in total. The van der Waals surface area contributed by atoms with Crippen molar-refractivity contribution in [1.82, 2.24) is 9.88 Å². The lowest BCUT2D eigenvalue weighted by Crippen LogP contribution is -2.38. The molecule has 1 aromatic rings. The summed E-state index contributed by atoms with van der Waals surface area (Å²) >= 11 is 0. The highest BCUT2D eigenvalue weighted by molar-refractivity contribution is 14.0. The van der Waals surface area contributed by atoms with Gasteiger partial charge in [0.15, 0.2) is 5.96 Å². The summed E-state index contributed by atoms with van der Waals surface area (Å²) in [5.74, 6) is 1.67. The quantitative estimate of drug-likeness (QED) is 0.439. The number of likely N-dealkylation sites (tertiary alicyclic amines) is 1. The molecule has 0 amide bonds. The van der Waals surface area contributed by atoms with Crippen LogP contribution < -0.4 is 10.6 Å². The fraction of sp³-hybridized carbons (Fsp3) is 0.647. The molecule has 0 aliphatic carbocycles. The Balaban J connectivity index is 0.00000208. The van der Waals surface area contributed by atoms with Crippen LogP contribution in [0.3, 0.4) is 0 Å². The summed E-state index contributed by atoms with van der Waals surface area (Å²) in [5, 5.41) is 0. The molecule has 3 heterocycles. The largest absolute Gasteiger partial charge is 0.378 e. The van der Waals surface area contributed by atoms with Crippen LogP contribution >= 0.6 is 24.0 Å². The summed E-state index contributed by atoms with van der Waals surface area (Å²) in [6.45, 7) is 5.93. The second kappa shape index (κ2) is 10.0. The number of nitrogens with zero attached hydrogens (tertiary/aromatic N) is 4. The van der Waals surface area contributed by atoms with Gasteiger partial charge >= 0.3 is 0 Å². The summed E-state index contributed by atoms with van der Waals surface area (Å²) in [6, 6.07) is 6.12. The minimum atomic E-state index is 0. The highest BCUT2D eigenvalue weighted by atomic mass is 127. The van der Waals surface area contributed by atoms with Crippen LogP contribution in [-0.2, 0) is 11.3 Å². The SMILES string of the molecule is I.NC(=NCc1cccc(N2CCOCC2)n1)N1CCCCCC1. The number of ether oxygens (including phenoxy) is 1. The fourth-order valence-corrected chi connectivity index (χ4v) is 3.09. The standard InChI is InChI=1S/C17H27N5O.HI/c18-17(22-8-3-1-2-4-9-22)19-14-15-6-5-7-16(20-15)21-10-12-23-13-11-21;/h5-7H,1-4,8-14H2,(H2,18,19);1H. The van der Waals surface area contributed by atoms with E-state index >= 15 is 0 Å². The minimum Gasteiger partial charge on any atom is -0.378 e. The van der Waals surface area contributed by atoms with Gasteiger partial charge in [-0.2, -0.15) is 0 Å². The number of aromatic nitrogens is 1. The summed E-state index contributed by atoms with van der Waals surface area (Å²) in [4.78, 5) is 13.7. The number of aliphatic imine (C=N–C) groups is 1. The van der Waals surface area contributed by atoms with Gasteiger partial charge in [-0.05, 0) is 25.0 Å². The lowest BCUT2D eigenvalue weighted by atomic mass is 10.2. The Hall–Kier alpha value is -1.09. The molecule has 1 aromatic heterocycles. The number of rotatable bonds is 3. The third kappa shape index (κ3) is 5.47. The van der Waals surface area contributed by atoms with Crippen molar-refractivity contribution in [2.75, 3.05) is 44.3 Å². The Bertz CT molecular complexity index is 525. The average molecular weight is 445 g/mol. The number of halogens is 1. The predicted octanol–water partition coefficient (Wildman–Crippen LogP) is 2.23. The van der Waals surface area contributed by atoms with Crippen molar-refractivity contribution in [1.29, 1.82) is 0 Å². The summed E-state index contributed by atoms with van der Waals surface area (Å²) in [5.41, 5.74) is 7.13. The molecule has 0 radical (unpaired) electrons. The second-order valence-corrected chi connectivity index (χ2v) is 6.16. The Morgan fingerprint density at radius 3 is 2.50 bits per heavy atom. The number of hydrogen-bond acceptors (Lipinski definition) is 4. The van der Waals surface area contributed by atoms with Crippen LogP contribution in [0.15, 0.2) is 23.2 Å². The van der Waals surface area contributed by atoms with Crippen molar-refractivity contribution in [3.8, 4) is 0 Å². The van der Waals surface area contributed by atoms with Gasteiger partial charge in [0.2, 0.25) is 0 Å². The fourth-order valence-electron chi connectivity index (χ4n) is 3.09. The third-order valence-corrected chi connectivity index (χ3v) is 4.46. The van der Waals surface area contributed by atoms with Gasteiger partial charge in [-0.15, -0.1) is 24.0 Å². The maximum absolute atomic E-state index is 6.17. The first kappa shape index (κ1) is 19.2. The summed E-state index contributed by atoms with van der Waals surface area (Å²) in [6.07, 6.45) is 5.02. The van der Waals surface area contributed by atoms with Gasteiger partial charge < -0.3 is 20.3 Å². The molecule has 2 fully saturated rings. The Morgan fingerprint density at radius 1 is 1.08 bits per heavy atom. The molecule has 0 saturated carbocycles. The van der Waals surface area contributed by atoms with Gasteiger partial charge in [0.25, 0.3) is 0 Å². The zero-order valence-electron chi connectivity index (χ0n) is 14.2. The zero-order valence-corrected chi connectivity index (χ0v) is 16.5. The Morgan fingerprint density at radius 2 is 1.79 bits per heavy atom. The van der Waals surface area contributed by atoms with E-state index < -0.39 is 0 Å². The zero-order chi connectivity index (χ0) is 15.9. The molecular formula is C17H28IN5O. The minimum absolute atomic E-state index is 0. The molecule has 2 N–H and O–H groups in total. The monoisotopic (exact) mass is 445 g/mol. The van der Waals surface area contributed by atoms with Gasteiger partial charge in [-0.25, -0.2) is 9.98 Å². The van der Waals surface area contributed by atoms with Crippen LogP contribution in [-0.4, -0.2) is 55.2 Å². The van der Waals surface area contributed by atoms with E-state index in [1.165, 1.54) is 25.7 Å². The predicted molar refractivity (Wildman–Crippen MR) is 108 cm³/mol. The first-order chi connectivity index (χ1) is 11.3. The summed E-state index contributed by atoms with van der Waals surface area (Å²) in [7, 11) is 0. The van der Waals surface area contributed by atoms with E-state index in [0.717, 1.165) is 50.9 Å². The van der Waals surface area contributed by atoms with Gasteiger partial charge in [0.05, 0.1) is 25.5 Å². The molecule has 0 bridgehead atoms. The molecule has 2 aliphatic heterocycles. The number of anilines is 1. The molecule has 0 unspecified atom stereocenters. The van der Waals surface area contributed by atoms with Crippen molar-refractivity contribution in [2.45, 2.75) is 32.2 Å². The Labute approximate surface area is 161 Å². The number of guanidine groups is 1. The van der Waals surface area contributed by atoms with Crippen molar-refractivity contribution in [3.63, 3.8) is 0 Å². The van der Waals surface area contributed by atoms with Crippen LogP contribution in [0.2, 0.25) is 0 Å². The molecule has 7 heteroatoms. The van der Waals surface area contributed by atoms with E-state index in [1.807, 2.05) is 12.1 Å². The van der Waals surface area contributed by atoms with Crippen molar-refractivity contribution in [3.05, 3.63) is 23.9 Å². The first-order valence-electron chi connectivity index (χ1n) is 8.66. The lowest BCUT2D eigenvalue weighted by molar-refractivity contribution is 0.122. The number of morpholine rings is 1. The topological polar surface area (TPSA) is 67.0 Å². The molecule has 24 heavy (non-hydrogen) atoms. The van der Waals surface area contributed by atoms with Gasteiger partial charge in [-0.1, -0.05) is 18.9 Å². The smallest absolute Gasteiger partial charge is 0.191 e. The van der Waals surface area contributed by atoms with Gasteiger partial charge in [-0.3, -0.25) is 0 Å². The molecule has 2 aliphatic rings. The molecule has 0 spiro atoms. The highest BCUT2D eigenvalue weighted by Crippen LogP contribution is 2.14. The van der Waals surface area contributed by atoms with Gasteiger partial charge in [0.1, 0.15) is 5.82 Å². The lowest BCUT2D eigenvalue weighted by Gasteiger charge is -2.28. The normalized spacial score (nSPS) is 19.6. The van der Waals surface area contributed by atoms with Crippen LogP contribution in [0, 0.1) is 0 Å². The maximum Gasteiger partial charge on any atom is 0.191 e. The van der Waals surface area contributed by atoms with E-state index in [4.69, 9.17) is 15.5 Å². The molecular weight excluding hydrogens is 417 g/mol. The van der Waals surface area contributed by atoms with Crippen molar-refractivity contribution < 1.29 is 4.74 Å². The van der Waals surface area contributed by atoms with Crippen LogP contribution in [0.5, 0.6) is 0 Å². The first-order valence-corrected chi connectivity index (χ1v) is 8.66. The van der Waals surface area contributed by atoms with Crippen LogP contribution in [0.1, 0.15) is 31.4 Å². The average Bonchev–Trinajstić information content (AvgIpc) is 2.90. The number of pyridine rings is 1. The third-order valence-electron chi connectivity index (χ3n) is 4.46. The van der Waals surface area contributed by atoms with Crippen molar-refractivity contribution >= 4 is 35.8 Å². The molecule has 3 rings (SSSR count). The van der Waals surface area contributed by atoms with E-state index in [9.17, 15) is 0 Å². The maximum atomic E-state index is 6.17.